The Balaban J connectivity index is 2.26. The summed E-state index contributed by atoms with van der Waals surface area (Å²) in [5, 5.41) is 24.5. The normalized spacial score (nSPS) is 25.5. The molecular weight excluding hydrogens is 246 g/mol. The van der Waals surface area contributed by atoms with Crippen molar-refractivity contribution in [3.63, 3.8) is 0 Å². The van der Waals surface area contributed by atoms with E-state index in [0.717, 1.165) is 25.7 Å². The second-order valence-corrected chi connectivity index (χ2v) is 4.72. The average Bonchev–Trinajstić information content (AvgIpc) is 2.51. The van der Waals surface area contributed by atoms with E-state index in [0.29, 0.717) is 6.42 Å². The van der Waals surface area contributed by atoms with Crippen LogP contribution >= 0.6 is 11.6 Å². The van der Waals surface area contributed by atoms with E-state index in [4.69, 9.17) is 11.6 Å². The highest BCUT2D eigenvalue weighted by Crippen LogP contribution is 2.30. The van der Waals surface area contributed by atoms with Gasteiger partial charge in [0.2, 0.25) is 0 Å². The summed E-state index contributed by atoms with van der Waals surface area (Å²) in [5.74, 6) is -0.344. The van der Waals surface area contributed by atoms with E-state index in [1.165, 1.54) is 10.9 Å². The fourth-order valence-corrected chi connectivity index (χ4v) is 2.44. The van der Waals surface area contributed by atoms with Crippen LogP contribution in [0.3, 0.4) is 0 Å². The van der Waals surface area contributed by atoms with Crippen LogP contribution in [0.5, 0.6) is 0 Å². The number of hydrogen-bond acceptors (Lipinski definition) is 4. The molecule has 0 amide bonds. The van der Waals surface area contributed by atoms with Gasteiger partial charge in [-0.3, -0.25) is 0 Å². The molecule has 1 heterocycles. The number of aromatic nitrogens is 2. The summed E-state index contributed by atoms with van der Waals surface area (Å²) in [6, 6.07) is -0.205. The van der Waals surface area contributed by atoms with E-state index < -0.39 is 11.0 Å². The maximum atomic E-state index is 10.7. The number of aliphatic hydroxyl groups excluding tert-OH is 1. The van der Waals surface area contributed by atoms with Gasteiger partial charge in [0.1, 0.15) is 0 Å². The van der Waals surface area contributed by atoms with Gasteiger partial charge in [-0.15, -0.1) is 0 Å². The van der Waals surface area contributed by atoms with Crippen LogP contribution in [0.1, 0.15) is 38.1 Å². The van der Waals surface area contributed by atoms with Crippen molar-refractivity contribution in [2.45, 2.75) is 44.2 Å². The molecule has 1 N–H and O–H groups in total. The zero-order chi connectivity index (χ0) is 12.4. The fourth-order valence-electron chi connectivity index (χ4n) is 2.23. The van der Waals surface area contributed by atoms with Crippen LogP contribution in [-0.2, 0) is 0 Å². The van der Waals surface area contributed by atoms with E-state index in [-0.39, 0.29) is 16.9 Å². The highest BCUT2D eigenvalue weighted by molar-refractivity contribution is 6.32. The average molecular weight is 260 g/mol. The Morgan fingerprint density at radius 1 is 1.47 bits per heavy atom. The van der Waals surface area contributed by atoms with Gasteiger partial charge in [-0.2, -0.15) is 4.68 Å². The molecule has 0 aromatic carbocycles. The first-order valence-electron chi connectivity index (χ1n) is 5.66. The number of hydrogen-bond donors (Lipinski definition) is 1. The predicted octanol–water partition coefficient (Wildman–Crippen LogP) is 2.31. The molecular formula is C10H14ClN3O3. The molecule has 0 aliphatic heterocycles. The Morgan fingerprint density at radius 3 is 2.82 bits per heavy atom. The molecule has 0 bridgehead atoms. The van der Waals surface area contributed by atoms with Gasteiger partial charge < -0.3 is 15.2 Å². The highest BCUT2D eigenvalue weighted by atomic mass is 35.5. The minimum Gasteiger partial charge on any atom is -0.391 e. The van der Waals surface area contributed by atoms with E-state index in [1.807, 2.05) is 0 Å². The zero-order valence-corrected chi connectivity index (χ0v) is 10.0. The standard InChI is InChI=1S/C10H14ClN3O3/c11-7-6-13(12-10(7)14(16)17)8-4-2-1-3-5-9(8)15/h6,8-9,15H,1-5H2. The van der Waals surface area contributed by atoms with Gasteiger partial charge in [0.05, 0.1) is 23.4 Å². The van der Waals surface area contributed by atoms with Crippen molar-refractivity contribution in [3.8, 4) is 0 Å². The van der Waals surface area contributed by atoms with Gasteiger partial charge in [-0.25, -0.2) is 0 Å². The number of aliphatic hydroxyl groups is 1. The Hall–Kier alpha value is -1.14. The van der Waals surface area contributed by atoms with Crippen molar-refractivity contribution in [2.24, 2.45) is 0 Å². The molecule has 1 fully saturated rings. The third-order valence-corrected chi connectivity index (χ3v) is 3.39. The zero-order valence-electron chi connectivity index (χ0n) is 9.25. The molecule has 1 saturated carbocycles. The molecule has 6 nitrogen and oxygen atoms in total. The van der Waals surface area contributed by atoms with Gasteiger partial charge in [-0.1, -0.05) is 30.9 Å². The Morgan fingerprint density at radius 2 is 2.18 bits per heavy atom. The predicted molar refractivity (Wildman–Crippen MR) is 62.0 cm³/mol. The van der Waals surface area contributed by atoms with E-state index >= 15 is 0 Å². The van der Waals surface area contributed by atoms with Crippen molar-refractivity contribution >= 4 is 17.4 Å². The maximum Gasteiger partial charge on any atom is 0.408 e. The van der Waals surface area contributed by atoms with Crippen molar-refractivity contribution in [1.29, 1.82) is 0 Å². The lowest BCUT2D eigenvalue weighted by molar-refractivity contribution is -0.389. The monoisotopic (exact) mass is 259 g/mol. The molecule has 0 spiro atoms. The first kappa shape index (κ1) is 12.3. The van der Waals surface area contributed by atoms with Crippen molar-refractivity contribution in [2.75, 3.05) is 0 Å². The van der Waals surface area contributed by atoms with Crippen LogP contribution in [0, 0.1) is 10.1 Å². The number of rotatable bonds is 2. The molecule has 94 valence electrons. The second-order valence-electron chi connectivity index (χ2n) is 4.31. The lowest BCUT2D eigenvalue weighted by Gasteiger charge is -2.17. The molecule has 7 heteroatoms. The maximum absolute atomic E-state index is 10.7. The molecule has 1 aliphatic carbocycles. The largest absolute Gasteiger partial charge is 0.408 e. The quantitative estimate of drug-likeness (QED) is 0.502. The fraction of sp³-hybridized carbons (Fsp3) is 0.700. The first-order valence-corrected chi connectivity index (χ1v) is 6.04. The van der Waals surface area contributed by atoms with Crippen molar-refractivity contribution in [1.82, 2.24) is 9.78 Å². The molecule has 17 heavy (non-hydrogen) atoms. The summed E-state index contributed by atoms with van der Waals surface area (Å²) in [5.41, 5.74) is 0. The molecule has 1 aromatic heterocycles. The summed E-state index contributed by atoms with van der Waals surface area (Å²) in [7, 11) is 0. The van der Waals surface area contributed by atoms with E-state index in [1.54, 1.807) is 0 Å². The lowest BCUT2D eigenvalue weighted by Crippen LogP contribution is -2.23. The summed E-state index contributed by atoms with van der Waals surface area (Å²) >= 11 is 5.74. The third-order valence-electron chi connectivity index (χ3n) is 3.13. The lowest BCUT2D eigenvalue weighted by atomic mass is 10.1. The smallest absolute Gasteiger partial charge is 0.391 e. The summed E-state index contributed by atoms with van der Waals surface area (Å²) in [6.45, 7) is 0. The molecule has 2 rings (SSSR count). The molecule has 2 unspecified atom stereocenters. The minimum atomic E-state index is -0.609. The van der Waals surface area contributed by atoms with Crippen LogP contribution < -0.4 is 0 Å². The van der Waals surface area contributed by atoms with Gasteiger partial charge in [0.25, 0.3) is 0 Å². The van der Waals surface area contributed by atoms with Gasteiger partial charge >= 0.3 is 5.82 Å². The van der Waals surface area contributed by atoms with Gasteiger partial charge in [-0.05, 0) is 17.8 Å². The number of nitrogens with zero attached hydrogens (tertiary/aromatic N) is 3. The SMILES string of the molecule is O=[N+]([O-])c1nn(C2CCCCCC2O)cc1Cl. The van der Waals surface area contributed by atoms with Crippen LogP contribution in [0.4, 0.5) is 5.82 Å². The summed E-state index contributed by atoms with van der Waals surface area (Å²) in [6.07, 6.45) is 5.45. The highest BCUT2D eigenvalue weighted by Gasteiger charge is 2.29. The van der Waals surface area contributed by atoms with E-state index in [9.17, 15) is 15.2 Å². The third kappa shape index (κ3) is 2.58. The van der Waals surface area contributed by atoms with Crippen LogP contribution in [0.25, 0.3) is 0 Å². The molecule has 1 aromatic rings. The van der Waals surface area contributed by atoms with Gasteiger partial charge in [0.15, 0.2) is 5.02 Å². The molecule has 1 aliphatic rings. The molecule has 0 saturated heterocycles. The molecule has 2 atom stereocenters. The van der Waals surface area contributed by atoms with Crippen LogP contribution in [0.2, 0.25) is 5.02 Å². The summed E-state index contributed by atoms with van der Waals surface area (Å²) in [4.78, 5) is 10.0. The first-order chi connectivity index (χ1) is 8.09. The van der Waals surface area contributed by atoms with Gasteiger partial charge in [0, 0.05) is 0 Å². The topological polar surface area (TPSA) is 81.2 Å². The van der Waals surface area contributed by atoms with Crippen LogP contribution in [0.15, 0.2) is 6.20 Å². The van der Waals surface area contributed by atoms with Crippen LogP contribution in [-0.4, -0.2) is 25.9 Å². The Labute approximate surface area is 103 Å². The number of halogens is 1. The van der Waals surface area contributed by atoms with Crippen molar-refractivity contribution in [3.05, 3.63) is 21.3 Å². The minimum absolute atomic E-state index is 0.0199. The summed E-state index contributed by atoms with van der Waals surface area (Å²) < 4.78 is 1.44. The second kappa shape index (κ2) is 5.01. The number of nitro groups is 1. The molecule has 0 radical (unpaired) electrons. The van der Waals surface area contributed by atoms with Crippen molar-refractivity contribution < 1.29 is 10.0 Å². The Bertz CT molecular complexity index is 421. The Kier molecular flexibility index (Phi) is 3.63. The van der Waals surface area contributed by atoms with E-state index in [2.05, 4.69) is 5.10 Å².